The maximum Gasteiger partial charge on any atom is 0.245 e. The van der Waals surface area contributed by atoms with Gasteiger partial charge in [0.2, 0.25) is 11.8 Å². The van der Waals surface area contributed by atoms with Crippen molar-refractivity contribution >= 4 is 17.9 Å². The Balaban J connectivity index is 1.93. The minimum Gasteiger partial charge on any atom is -0.497 e. The molecule has 0 radical (unpaired) electrons. The topological polar surface area (TPSA) is 58.6 Å². The lowest BCUT2D eigenvalue weighted by Crippen LogP contribution is -2.45. The molecule has 2 aromatic carbocycles. The summed E-state index contributed by atoms with van der Waals surface area (Å²) >= 11 is 0. The molecule has 0 heterocycles. The Hall–Kier alpha value is -3.08. The molecule has 0 fully saturated rings. The second kappa shape index (κ2) is 9.74. The second-order valence-corrected chi connectivity index (χ2v) is 6.87. The smallest absolute Gasteiger partial charge is 0.245 e. The van der Waals surface area contributed by atoms with Crippen molar-refractivity contribution in [2.45, 2.75) is 32.9 Å². The van der Waals surface area contributed by atoms with Crippen LogP contribution in [0.4, 0.5) is 0 Å². The van der Waals surface area contributed by atoms with Crippen LogP contribution in [0.15, 0.2) is 54.6 Å². The maximum atomic E-state index is 12.7. The van der Waals surface area contributed by atoms with Gasteiger partial charge >= 0.3 is 0 Å². The molecule has 2 aromatic rings. The first-order chi connectivity index (χ1) is 13.3. The number of carbonyl (C=O) groups excluding carboxylic acids is 2. The van der Waals surface area contributed by atoms with Gasteiger partial charge in [0.1, 0.15) is 11.8 Å². The van der Waals surface area contributed by atoms with Gasteiger partial charge < -0.3 is 15.0 Å². The molecule has 2 atom stereocenters. The van der Waals surface area contributed by atoms with Crippen LogP contribution in [0, 0.1) is 6.92 Å². The van der Waals surface area contributed by atoms with E-state index >= 15 is 0 Å². The van der Waals surface area contributed by atoms with E-state index in [0.29, 0.717) is 0 Å². The van der Waals surface area contributed by atoms with E-state index in [2.05, 4.69) is 5.32 Å². The summed E-state index contributed by atoms with van der Waals surface area (Å²) in [6.07, 6.45) is 3.12. The summed E-state index contributed by atoms with van der Waals surface area (Å²) in [6, 6.07) is 14.8. The summed E-state index contributed by atoms with van der Waals surface area (Å²) in [6.45, 7) is 5.70. The van der Waals surface area contributed by atoms with Crippen LogP contribution in [-0.4, -0.2) is 36.9 Å². The predicted octanol–water partition coefficient (Wildman–Crippen LogP) is 3.74. The second-order valence-electron chi connectivity index (χ2n) is 6.87. The Morgan fingerprint density at radius 1 is 1.04 bits per heavy atom. The van der Waals surface area contributed by atoms with Gasteiger partial charge in [-0.15, -0.1) is 0 Å². The number of likely N-dealkylation sites (N-methyl/N-ethyl adjacent to an activating group) is 1. The molecular formula is C23H28N2O3. The SMILES string of the molecule is COc1ccc(/C=C/C(=O)NC(C)C(=O)N(C)C(C)c2ccc(C)cc2)cc1. The van der Waals surface area contributed by atoms with Gasteiger partial charge in [0.25, 0.3) is 0 Å². The van der Waals surface area contributed by atoms with E-state index in [1.54, 1.807) is 32.1 Å². The number of rotatable bonds is 7. The van der Waals surface area contributed by atoms with Crippen LogP contribution in [-0.2, 0) is 9.59 Å². The first-order valence-corrected chi connectivity index (χ1v) is 9.27. The summed E-state index contributed by atoms with van der Waals surface area (Å²) in [5.74, 6) is 0.305. The van der Waals surface area contributed by atoms with Crippen molar-refractivity contribution in [3.05, 3.63) is 71.3 Å². The zero-order valence-corrected chi connectivity index (χ0v) is 17.1. The zero-order chi connectivity index (χ0) is 20.7. The number of hydrogen-bond acceptors (Lipinski definition) is 3. The molecule has 2 rings (SSSR count). The highest BCUT2D eigenvalue weighted by atomic mass is 16.5. The van der Waals surface area contributed by atoms with Gasteiger partial charge in [-0.3, -0.25) is 9.59 Å². The van der Waals surface area contributed by atoms with Crippen molar-refractivity contribution < 1.29 is 14.3 Å². The maximum absolute atomic E-state index is 12.7. The van der Waals surface area contributed by atoms with Crippen molar-refractivity contribution in [2.75, 3.05) is 14.2 Å². The minimum atomic E-state index is -0.620. The van der Waals surface area contributed by atoms with Gasteiger partial charge in [0.15, 0.2) is 0 Å². The van der Waals surface area contributed by atoms with Gasteiger partial charge in [-0.2, -0.15) is 0 Å². The standard InChI is InChI=1S/C23H28N2O3/c1-16-6-11-20(12-7-16)18(3)25(4)23(27)17(2)24-22(26)15-10-19-8-13-21(28-5)14-9-19/h6-15,17-18H,1-5H3,(H,24,26)/b15-10+. The van der Waals surface area contributed by atoms with E-state index in [9.17, 15) is 9.59 Å². The third kappa shape index (κ3) is 5.71. The van der Waals surface area contributed by atoms with E-state index in [1.807, 2.05) is 62.4 Å². The molecule has 5 nitrogen and oxygen atoms in total. The fourth-order valence-electron chi connectivity index (χ4n) is 2.78. The Labute approximate surface area is 167 Å². The van der Waals surface area contributed by atoms with Crippen molar-refractivity contribution in [3.63, 3.8) is 0 Å². The van der Waals surface area contributed by atoms with Gasteiger partial charge in [0.05, 0.1) is 13.2 Å². The Morgan fingerprint density at radius 3 is 2.21 bits per heavy atom. The van der Waals surface area contributed by atoms with E-state index in [4.69, 9.17) is 4.74 Å². The average Bonchev–Trinajstić information content (AvgIpc) is 2.71. The van der Waals surface area contributed by atoms with Crippen molar-refractivity contribution in [1.29, 1.82) is 0 Å². The Kier molecular flexibility index (Phi) is 7.38. The molecule has 0 spiro atoms. The van der Waals surface area contributed by atoms with E-state index < -0.39 is 6.04 Å². The van der Waals surface area contributed by atoms with Crippen molar-refractivity contribution in [1.82, 2.24) is 10.2 Å². The summed E-state index contributed by atoms with van der Waals surface area (Å²) in [4.78, 5) is 26.5. The predicted molar refractivity (Wildman–Crippen MR) is 112 cm³/mol. The molecule has 148 valence electrons. The number of methoxy groups -OCH3 is 1. The lowest BCUT2D eigenvalue weighted by Gasteiger charge is -2.28. The largest absolute Gasteiger partial charge is 0.497 e. The third-order valence-electron chi connectivity index (χ3n) is 4.76. The lowest BCUT2D eigenvalue weighted by atomic mass is 10.0. The van der Waals surface area contributed by atoms with Gasteiger partial charge in [0, 0.05) is 13.1 Å². The quantitative estimate of drug-likeness (QED) is 0.745. The van der Waals surface area contributed by atoms with Crippen LogP contribution < -0.4 is 10.1 Å². The van der Waals surface area contributed by atoms with E-state index in [0.717, 1.165) is 16.9 Å². The molecule has 0 saturated carbocycles. The number of hydrogen-bond donors (Lipinski definition) is 1. The third-order valence-corrected chi connectivity index (χ3v) is 4.76. The van der Waals surface area contributed by atoms with E-state index in [-0.39, 0.29) is 17.9 Å². The molecule has 0 bridgehead atoms. The normalized spacial score (nSPS) is 13.0. The number of amides is 2. The van der Waals surface area contributed by atoms with Crippen LogP contribution >= 0.6 is 0 Å². The molecule has 2 amide bonds. The zero-order valence-electron chi connectivity index (χ0n) is 17.1. The summed E-state index contributed by atoms with van der Waals surface area (Å²) < 4.78 is 5.11. The highest BCUT2D eigenvalue weighted by Gasteiger charge is 2.23. The molecule has 1 N–H and O–H groups in total. The fraction of sp³-hybridized carbons (Fsp3) is 0.304. The molecule has 0 aromatic heterocycles. The first kappa shape index (κ1) is 21.2. The van der Waals surface area contributed by atoms with Crippen molar-refractivity contribution in [2.24, 2.45) is 0 Å². The number of ether oxygens (including phenoxy) is 1. The van der Waals surface area contributed by atoms with Crippen LogP contribution in [0.1, 0.15) is 36.6 Å². The molecule has 0 aliphatic rings. The number of nitrogens with zero attached hydrogens (tertiary/aromatic N) is 1. The number of carbonyl (C=O) groups is 2. The first-order valence-electron chi connectivity index (χ1n) is 9.27. The molecule has 5 heteroatoms. The molecule has 0 aliphatic heterocycles. The molecule has 0 aliphatic carbocycles. The van der Waals surface area contributed by atoms with Gasteiger partial charge in [-0.05, 0) is 50.1 Å². The van der Waals surface area contributed by atoms with E-state index in [1.165, 1.54) is 11.6 Å². The molecular weight excluding hydrogens is 352 g/mol. The van der Waals surface area contributed by atoms with Crippen LogP contribution in [0.2, 0.25) is 0 Å². The monoisotopic (exact) mass is 380 g/mol. The van der Waals surface area contributed by atoms with Crippen molar-refractivity contribution in [3.8, 4) is 5.75 Å². The number of benzene rings is 2. The summed E-state index contributed by atoms with van der Waals surface area (Å²) in [7, 11) is 3.36. The summed E-state index contributed by atoms with van der Waals surface area (Å²) in [5, 5.41) is 2.73. The molecule has 0 saturated heterocycles. The van der Waals surface area contributed by atoms with Crippen LogP contribution in [0.25, 0.3) is 6.08 Å². The van der Waals surface area contributed by atoms with Crippen LogP contribution in [0.5, 0.6) is 5.75 Å². The molecule has 2 unspecified atom stereocenters. The molecule has 28 heavy (non-hydrogen) atoms. The highest BCUT2D eigenvalue weighted by molar-refractivity contribution is 5.95. The Bertz CT molecular complexity index is 826. The average molecular weight is 380 g/mol. The summed E-state index contributed by atoms with van der Waals surface area (Å²) in [5.41, 5.74) is 3.11. The highest BCUT2D eigenvalue weighted by Crippen LogP contribution is 2.20. The van der Waals surface area contributed by atoms with Gasteiger partial charge in [-0.1, -0.05) is 42.0 Å². The van der Waals surface area contributed by atoms with Gasteiger partial charge in [-0.25, -0.2) is 0 Å². The lowest BCUT2D eigenvalue weighted by molar-refractivity contribution is -0.135. The number of aryl methyl sites for hydroxylation is 1. The Morgan fingerprint density at radius 2 is 1.64 bits per heavy atom. The number of nitrogens with one attached hydrogen (secondary N) is 1. The minimum absolute atomic E-state index is 0.0812. The fourth-order valence-corrected chi connectivity index (χ4v) is 2.78. The van der Waals surface area contributed by atoms with Crippen LogP contribution in [0.3, 0.4) is 0 Å².